The summed E-state index contributed by atoms with van der Waals surface area (Å²) in [5.41, 5.74) is -0.708. The minimum atomic E-state index is -3.57. The van der Waals surface area contributed by atoms with Gasteiger partial charge in [0.2, 0.25) is 5.91 Å². The molecule has 4 amide bonds. The number of rotatable bonds is 7. The Balaban J connectivity index is 1.78. The number of carbonyl (C=O) groups is 3. The van der Waals surface area contributed by atoms with Crippen LogP contribution >= 0.6 is 0 Å². The second-order valence-electron chi connectivity index (χ2n) is 7.12. The topological polar surface area (TPSA) is 122 Å². The van der Waals surface area contributed by atoms with Gasteiger partial charge < -0.3 is 15.4 Å². The zero-order valence-electron chi connectivity index (χ0n) is 17.3. The molecule has 9 nitrogen and oxygen atoms in total. The monoisotopic (exact) mass is 445 g/mol. The second kappa shape index (κ2) is 8.38. The Morgan fingerprint density at radius 3 is 2.39 bits per heavy atom. The molecule has 3 rings (SSSR count). The first kappa shape index (κ1) is 22.3. The van der Waals surface area contributed by atoms with Crippen LogP contribution in [0.3, 0.4) is 0 Å². The first-order valence-electron chi connectivity index (χ1n) is 9.52. The Bertz CT molecular complexity index is 1130. The molecule has 10 heteroatoms. The fourth-order valence-corrected chi connectivity index (χ4v) is 4.34. The highest BCUT2D eigenvalue weighted by Gasteiger charge is 2.49. The highest BCUT2D eigenvalue weighted by atomic mass is 32.2. The van der Waals surface area contributed by atoms with Crippen molar-refractivity contribution in [3.8, 4) is 5.75 Å². The quantitative estimate of drug-likeness (QED) is 0.628. The molecule has 1 unspecified atom stereocenters. The molecular formula is C21H23N3O6S. The number of anilines is 1. The molecule has 0 radical (unpaired) electrons. The first-order chi connectivity index (χ1) is 14.6. The highest BCUT2D eigenvalue weighted by molar-refractivity contribution is 7.91. The summed E-state index contributed by atoms with van der Waals surface area (Å²) in [5.74, 6) is -0.817. The van der Waals surface area contributed by atoms with E-state index in [1.165, 1.54) is 26.2 Å². The van der Waals surface area contributed by atoms with E-state index in [1.807, 2.05) is 0 Å². The molecule has 0 aromatic heterocycles. The molecule has 31 heavy (non-hydrogen) atoms. The molecule has 1 aliphatic heterocycles. The van der Waals surface area contributed by atoms with E-state index in [0.29, 0.717) is 11.3 Å². The highest BCUT2D eigenvalue weighted by Crippen LogP contribution is 2.30. The maximum absolute atomic E-state index is 13.0. The second-order valence-corrected chi connectivity index (χ2v) is 9.37. The lowest BCUT2D eigenvalue weighted by Crippen LogP contribution is -2.42. The van der Waals surface area contributed by atoms with Gasteiger partial charge in [-0.2, -0.15) is 0 Å². The summed E-state index contributed by atoms with van der Waals surface area (Å²) in [5, 5.41) is 5.11. The summed E-state index contributed by atoms with van der Waals surface area (Å²) in [4.78, 5) is 38.8. The maximum Gasteiger partial charge on any atom is 0.325 e. The van der Waals surface area contributed by atoms with Gasteiger partial charge in [0.1, 0.15) is 17.8 Å². The van der Waals surface area contributed by atoms with Crippen molar-refractivity contribution >= 4 is 33.4 Å². The summed E-state index contributed by atoms with van der Waals surface area (Å²) >= 11 is 0. The Morgan fingerprint density at radius 2 is 1.77 bits per heavy atom. The lowest BCUT2D eigenvalue weighted by molar-refractivity contribution is -0.133. The van der Waals surface area contributed by atoms with E-state index in [9.17, 15) is 22.8 Å². The van der Waals surface area contributed by atoms with Crippen molar-refractivity contribution in [2.24, 2.45) is 0 Å². The van der Waals surface area contributed by atoms with Gasteiger partial charge in [-0.3, -0.25) is 14.5 Å². The molecule has 1 aliphatic rings. The van der Waals surface area contributed by atoms with Crippen LogP contribution in [0, 0.1) is 0 Å². The van der Waals surface area contributed by atoms with Gasteiger partial charge in [0.15, 0.2) is 9.84 Å². The van der Waals surface area contributed by atoms with Crippen LogP contribution in [0.25, 0.3) is 0 Å². The van der Waals surface area contributed by atoms with E-state index in [-0.39, 0.29) is 16.3 Å². The molecule has 2 aromatic rings. The molecule has 1 heterocycles. The number of para-hydroxylation sites is 1. The van der Waals surface area contributed by atoms with Crippen LogP contribution in [-0.2, 0) is 25.0 Å². The zero-order chi connectivity index (χ0) is 22.8. The van der Waals surface area contributed by atoms with Crippen molar-refractivity contribution in [3.63, 3.8) is 0 Å². The molecule has 1 atom stereocenters. The number of sulfone groups is 1. The molecule has 1 fully saturated rings. The van der Waals surface area contributed by atoms with Gasteiger partial charge in [0.05, 0.1) is 23.4 Å². The predicted octanol–water partition coefficient (Wildman–Crippen LogP) is 1.89. The third-order valence-electron chi connectivity index (χ3n) is 5.12. The van der Waals surface area contributed by atoms with E-state index in [4.69, 9.17) is 4.74 Å². The average molecular weight is 445 g/mol. The molecule has 0 saturated carbocycles. The Labute approximate surface area is 180 Å². The third-order valence-corrected chi connectivity index (χ3v) is 6.91. The lowest BCUT2D eigenvalue weighted by Gasteiger charge is -2.22. The van der Waals surface area contributed by atoms with Crippen LogP contribution in [-0.4, -0.2) is 50.6 Å². The normalized spacial score (nSPS) is 18.6. The van der Waals surface area contributed by atoms with Crippen molar-refractivity contribution < 1.29 is 27.5 Å². The van der Waals surface area contributed by atoms with E-state index in [2.05, 4.69) is 10.6 Å². The van der Waals surface area contributed by atoms with Crippen molar-refractivity contribution in [2.75, 3.05) is 24.7 Å². The number of hydrogen-bond acceptors (Lipinski definition) is 6. The molecular weight excluding hydrogens is 422 g/mol. The van der Waals surface area contributed by atoms with Gasteiger partial charge in [-0.15, -0.1) is 0 Å². The van der Waals surface area contributed by atoms with Crippen LogP contribution in [0.4, 0.5) is 10.5 Å². The standard InChI is InChI=1S/C21H23N3O6S/c1-4-31(28,29)17-8-6-5-7-16(17)22-18(25)13-24-19(26)21(2,23-20(24)27)14-9-11-15(30-3)12-10-14/h5-12H,4,13H2,1-3H3,(H,22,25)(H,23,27). The van der Waals surface area contributed by atoms with E-state index in [0.717, 1.165) is 4.90 Å². The summed E-state index contributed by atoms with van der Waals surface area (Å²) in [6, 6.07) is 11.9. The number of hydrogen-bond donors (Lipinski definition) is 2. The number of urea groups is 1. The SMILES string of the molecule is CCS(=O)(=O)c1ccccc1NC(=O)CN1C(=O)NC(C)(c2ccc(OC)cc2)C1=O. The number of amides is 4. The van der Waals surface area contributed by atoms with Crippen LogP contribution in [0.5, 0.6) is 5.75 Å². The van der Waals surface area contributed by atoms with Gasteiger partial charge in [-0.05, 0) is 36.8 Å². The van der Waals surface area contributed by atoms with Crippen LogP contribution in [0.15, 0.2) is 53.4 Å². The van der Waals surface area contributed by atoms with Gasteiger partial charge in [0.25, 0.3) is 5.91 Å². The number of carbonyl (C=O) groups excluding carboxylic acids is 3. The molecule has 0 aliphatic carbocycles. The van der Waals surface area contributed by atoms with Gasteiger partial charge >= 0.3 is 6.03 Å². The number of imide groups is 1. The molecule has 0 bridgehead atoms. The van der Waals surface area contributed by atoms with E-state index < -0.39 is 39.8 Å². The van der Waals surface area contributed by atoms with Crippen molar-refractivity contribution in [2.45, 2.75) is 24.3 Å². The largest absolute Gasteiger partial charge is 0.497 e. The summed E-state index contributed by atoms with van der Waals surface area (Å²) < 4.78 is 29.6. The Hall–Kier alpha value is -3.40. The van der Waals surface area contributed by atoms with Crippen LogP contribution in [0.2, 0.25) is 0 Å². The zero-order valence-corrected chi connectivity index (χ0v) is 18.2. The van der Waals surface area contributed by atoms with Crippen LogP contribution in [0.1, 0.15) is 19.4 Å². The summed E-state index contributed by atoms with van der Waals surface area (Å²) in [7, 11) is -2.05. The van der Waals surface area contributed by atoms with Crippen molar-refractivity contribution in [3.05, 3.63) is 54.1 Å². The summed E-state index contributed by atoms with van der Waals surface area (Å²) in [6.45, 7) is 2.49. The molecule has 2 aromatic carbocycles. The number of nitrogens with zero attached hydrogens (tertiary/aromatic N) is 1. The summed E-state index contributed by atoms with van der Waals surface area (Å²) in [6.07, 6.45) is 0. The van der Waals surface area contributed by atoms with Gasteiger partial charge in [-0.1, -0.05) is 31.2 Å². The van der Waals surface area contributed by atoms with Crippen molar-refractivity contribution in [1.82, 2.24) is 10.2 Å². The number of methoxy groups -OCH3 is 1. The van der Waals surface area contributed by atoms with E-state index >= 15 is 0 Å². The van der Waals surface area contributed by atoms with E-state index in [1.54, 1.807) is 43.3 Å². The smallest absolute Gasteiger partial charge is 0.325 e. The minimum Gasteiger partial charge on any atom is -0.497 e. The fraction of sp³-hybridized carbons (Fsp3) is 0.286. The minimum absolute atomic E-state index is 0.0221. The predicted molar refractivity (Wildman–Crippen MR) is 113 cm³/mol. The van der Waals surface area contributed by atoms with Gasteiger partial charge in [0, 0.05) is 0 Å². The molecule has 0 spiro atoms. The van der Waals surface area contributed by atoms with Gasteiger partial charge in [-0.25, -0.2) is 13.2 Å². The van der Waals surface area contributed by atoms with Crippen LogP contribution < -0.4 is 15.4 Å². The Morgan fingerprint density at radius 1 is 1.13 bits per heavy atom. The number of ether oxygens (including phenoxy) is 1. The number of nitrogens with one attached hydrogen (secondary N) is 2. The Kier molecular flexibility index (Phi) is 6.03. The fourth-order valence-electron chi connectivity index (χ4n) is 3.29. The lowest BCUT2D eigenvalue weighted by atomic mass is 9.92. The molecule has 2 N–H and O–H groups in total. The first-order valence-corrected chi connectivity index (χ1v) is 11.2. The van der Waals surface area contributed by atoms with Crippen molar-refractivity contribution in [1.29, 1.82) is 0 Å². The molecule has 164 valence electrons. The maximum atomic E-state index is 13.0. The third kappa shape index (κ3) is 4.24. The average Bonchev–Trinajstić information content (AvgIpc) is 2.98. The molecule has 1 saturated heterocycles. The number of benzene rings is 2.